The van der Waals surface area contributed by atoms with E-state index in [9.17, 15) is 4.79 Å². The molecule has 1 N–H and O–H groups in total. The largest absolute Gasteiger partial charge is 0.497 e. The number of benzene rings is 1. The third kappa shape index (κ3) is 2.57. The second kappa shape index (κ2) is 5.49. The molecular formula is C15H13N3O2S. The minimum Gasteiger partial charge on any atom is -0.497 e. The van der Waals surface area contributed by atoms with Gasteiger partial charge >= 0.3 is 0 Å². The lowest BCUT2D eigenvalue weighted by molar-refractivity contribution is 0.0967. The highest BCUT2D eigenvalue weighted by Gasteiger charge is 2.12. The van der Waals surface area contributed by atoms with Gasteiger partial charge in [-0.05, 0) is 30.4 Å². The molecule has 0 fully saturated rings. The minimum absolute atomic E-state index is 0.116. The topological polar surface area (TPSA) is 59.9 Å². The molecule has 0 atom stereocenters. The second-order valence-electron chi connectivity index (χ2n) is 4.54. The van der Waals surface area contributed by atoms with Gasteiger partial charge in [0.25, 0.3) is 0 Å². The summed E-state index contributed by atoms with van der Waals surface area (Å²) in [5.74, 6) is 0.491. The van der Waals surface area contributed by atoms with Crippen LogP contribution < -0.4 is 4.74 Å². The SMILES string of the molecule is COc1ccnc(C(=O)Cn2c(=S)[nH]c3ccccc32)c1. The average molecular weight is 299 g/mol. The van der Waals surface area contributed by atoms with E-state index in [1.807, 2.05) is 24.3 Å². The number of nitrogens with one attached hydrogen (secondary N) is 1. The number of Topliss-reactive ketones (excluding diaryl/α,β-unsaturated/α-hetero) is 1. The highest BCUT2D eigenvalue weighted by atomic mass is 32.1. The zero-order valence-corrected chi connectivity index (χ0v) is 12.2. The zero-order valence-electron chi connectivity index (χ0n) is 11.4. The van der Waals surface area contributed by atoms with Gasteiger partial charge in [0.15, 0.2) is 4.77 Å². The van der Waals surface area contributed by atoms with E-state index in [0.29, 0.717) is 16.2 Å². The van der Waals surface area contributed by atoms with Crippen LogP contribution in [0.5, 0.6) is 5.75 Å². The van der Waals surface area contributed by atoms with Crippen molar-refractivity contribution in [2.24, 2.45) is 0 Å². The summed E-state index contributed by atoms with van der Waals surface area (Å²) in [6.07, 6.45) is 1.56. The van der Waals surface area contributed by atoms with Crippen LogP contribution in [0, 0.1) is 4.77 Å². The summed E-state index contributed by atoms with van der Waals surface area (Å²) in [5.41, 5.74) is 2.18. The lowest BCUT2D eigenvalue weighted by atomic mass is 10.2. The molecule has 106 valence electrons. The first-order valence-electron chi connectivity index (χ1n) is 6.40. The molecule has 3 rings (SSSR count). The number of fused-ring (bicyclic) bond motifs is 1. The number of ketones is 1. The minimum atomic E-state index is -0.116. The molecule has 0 saturated carbocycles. The number of aromatic nitrogens is 3. The van der Waals surface area contributed by atoms with Crippen LogP contribution in [0.15, 0.2) is 42.6 Å². The van der Waals surface area contributed by atoms with Crippen molar-refractivity contribution in [2.75, 3.05) is 7.11 Å². The Morgan fingerprint density at radius 1 is 1.38 bits per heavy atom. The standard InChI is InChI=1S/C15H13N3O2S/c1-20-10-6-7-16-12(8-10)14(19)9-18-13-5-3-2-4-11(13)17-15(18)21/h2-8H,9H2,1H3,(H,17,21). The number of aromatic amines is 1. The molecule has 0 radical (unpaired) electrons. The maximum atomic E-state index is 12.4. The normalized spacial score (nSPS) is 10.7. The van der Waals surface area contributed by atoms with Gasteiger partial charge in [0.05, 0.1) is 24.7 Å². The predicted molar refractivity (Wildman–Crippen MR) is 82.2 cm³/mol. The van der Waals surface area contributed by atoms with E-state index in [1.165, 1.54) is 0 Å². The van der Waals surface area contributed by atoms with Gasteiger partial charge in [-0.25, -0.2) is 0 Å². The highest BCUT2D eigenvalue weighted by molar-refractivity contribution is 7.71. The molecule has 0 bridgehead atoms. The number of ether oxygens (including phenoxy) is 1. The Bertz CT molecular complexity index is 866. The number of para-hydroxylation sites is 2. The number of hydrogen-bond donors (Lipinski definition) is 1. The number of hydrogen-bond acceptors (Lipinski definition) is 4. The lowest BCUT2D eigenvalue weighted by Gasteiger charge is -2.05. The summed E-state index contributed by atoms with van der Waals surface area (Å²) in [7, 11) is 1.55. The number of pyridine rings is 1. The number of nitrogens with zero attached hydrogens (tertiary/aromatic N) is 2. The Balaban J connectivity index is 1.96. The number of carbonyl (C=O) groups is 1. The Hall–Kier alpha value is -2.47. The van der Waals surface area contributed by atoms with Crippen molar-refractivity contribution < 1.29 is 9.53 Å². The monoisotopic (exact) mass is 299 g/mol. The zero-order chi connectivity index (χ0) is 14.8. The van der Waals surface area contributed by atoms with Gasteiger partial charge in [0.2, 0.25) is 5.78 Å². The van der Waals surface area contributed by atoms with Gasteiger partial charge in [0, 0.05) is 12.3 Å². The van der Waals surface area contributed by atoms with Gasteiger partial charge in [-0.1, -0.05) is 12.1 Å². The average Bonchev–Trinajstić information content (AvgIpc) is 2.83. The molecule has 0 saturated heterocycles. The molecule has 0 amide bonds. The van der Waals surface area contributed by atoms with E-state index in [4.69, 9.17) is 17.0 Å². The molecular weight excluding hydrogens is 286 g/mol. The number of imidazole rings is 1. The fraction of sp³-hybridized carbons (Fsp3) is 0.133. The fourth-order valence-corrected chi connectivity index (χ4v) is 2.45. The molecule has 1 aromatic carbocycles. The van der Waals surface area contributed by atoms with E-state index in [1.54, 1.807) is 30.0 Å². The Morgan fingerprint density at radius 2 is 2.19 bits per heavy atom. The third-order valence-corrected chi connectivity index (χ3v) is 3.56. The fourth-order valence-electron chi connectivity index (χ4n) is 2.18. The Morgan fingerprint density at radius 3 is 3.00 bits per heavy atom. The molecule has 5 nitrogen and oxygen atoms in total. The van der Waals surface area contributed by atoms with Gasteiger partial charge in [-0.15, -0.1) is 0 Å². The molecule has 0 unspecified atom stereocenters. The number of rotatable bonds is 4. The van der Waals surface area contributed by atoms with Crippen LogP contribution in [-0.4, -0.2) is 27.4 Å². The number of H-pyrrole nitrogens is 1. The van der Waals surface area contributed by atoms with Crippen LogP contribution in [0.1, 0.15) is 10.5 Å². The van der Waals surface area contributed by atoms with Gasteiger partial charge < -0.3 is 14.3 Å². The first-order valence-corrected chi connectivity index (χ1v) is 6.80. The summed E-state index contributed by atoms with van der Waals surface area (Å²) in [5, 5.41) is 0. The molecule has 6 heteroatoms. The van der Waals surface area contributed by atoms with Crippen LogP contribution in [0.3, 0.4) is 0 Å². The van der Waals surface area contributed by atoms with Gasteiger partial charge in [0.1, 0.15) is 11.4 Å². The molecule has 21 heavy (non-hydrogen) atoms. The van der Waals surface area contributed by atoms with Gasteiger partial charge in [-0.3, -0.25) is 9.78 Å². The van der Waals surface area contributed by atoms with E-state index in [2.05, 4.69) is 9.97 Å². The Labute approximate surface area is 126 Å². The molecule has 2 heterocycles. The van der Waals surface area contributed by atoms with Crippen LogP contribution in [0.25, 0.3) is 11.0 Å². The van der Waals surface area contributed by atoms with Crippen molar-refractivity contribution in [3.63, 3.8) is 0 Å². The second-order valence-corrected chi connectivity index (χ2v) is 4.92. The third-order valence-electron chi connectivity index (χ3n) is 3.24. The lowest BCUT2D eigenvalue weighted by Crippen LogP contribution is -2.12. The van der Waals surface area contributed by atoms with Gasteiger partial charge in [-0.2, -0.15) is 0 Å². The molecule has 0 aliphatic carbocycles. The van der Waals surface area contributed by atoms with E-state index in [-0.39, 0.29) is 12.3 Å². The van der Waals surface area contributed by atoms with Crippen molar-refractivity contribution in [1.29, 1.82) is 0 Å². The van der Waals surface area contributed by atoms with E-state index >= 15 is 0 Å². The van der Waals surface area contributed by atoms with Crippen molar-refractivity contribution in [2.45, 2.75) is 6.54 Å². The molecule has 0 spiro atoms. The summed E-state index contributed by atoms with van der Waals surface area (Å²) in [4.78, 5) is 19.6. The quantitative estimate of drug-likeness (QED) is 0.594. The van der Waals surface area contributed by atoms with E-state index < -0.39 is 0 Å². The maximum absolute atomic E-state index is 12.4. The number of methoxy groups -OCH3 is 1. The predicted octanol–water partition coefficient (Wildman–Crippen LogP) is 2.99. The van der Waals surface area contributed by atoms with Crippen LogP contribution in [-0.2, 0) is 6.54 Å². The first-order chi connectivity index (χ1) is 10.2. The maximum Gasteiger partial charge on any atom is 0.201 e. The first kappa shape index (κ1) is 13.5. The molecule has 3 aromatic rings. The summed E-state index contributed by atoms with van der Waals surface area (Å²) >= 11 is 5.28. The molecule has 0 aliphatic rings. The van der Waals surface area contributed by atoms with Crippen molar-refractivity contribution in [1.82, 2.24) is 14.5 Å². The summed E-state index contributed by atoms with van der Waals surface area (Å²) in [6, 6.07) is 11.0. The molecule has 0 aliphatic heterocycles. The Kier molecular flexibility index (Phi) is 3.53. The van der Waals surface area contributed by atoms with Crippen LogP contribution in [0.4, 0.5) is 0 Å². The van der Waals surface area contributed by atoms with Crippen LogP contribution >= 0.6 is 12.2 Å². The summed E-state index contributed by atoms with van der Waals surface area (Å²) < 4.78 is 7.40. The van der Waals surface area contributed by atoms with Crippen molar-refractivity contribution in [3.8, 4) is 5.75 Å². The van der Waals surface area contributed by atoms with Crippen molar-refractivity contribution in [3.05, 3.63) is 53.1 Å². The number of carbonyl (C=O) groups excluding carboxylic acids is 1. The van der Waals surface area contributed by atoms with E-state index in [0.717, 1.165) is 11.0 Å². The summed E-state index contributed by atoms with van der Waals surface area (Å²) in [6.45, 7) is 0.142. The van der Waals surface area contributed by atoms with Crippen molar-refractivity contribution >= 4 is 29.0 Å². The highest BCUT2D eigenvalue weighted by Crippen LogP contribution is 2.15. The van der Waals surface area contributed by atoms with Crippen LogP contribution in [0.2, 0.25) is 0 Å². The smallest absolute Gasteiger partial charge is 0.201 e. The molecule has 2 aromatic heterocycles.